The molecule has 0 bridgehead atoms. The number of phenols is 2. The van der Waals surface area contributed by atoms with Crippen LogP contribution in [-0.4, -0.2) is 16.3 Å². The second-order valence-electron chi connectivity index (χ2n) is 5.36. The number of hydrogen-bond donors (Lipinski definition) is 3. The van der Waals surface area contributed by atoms with Crippen LogP contribution < -0.4 is 5.32 Å². The van der Waals surface area contributed by atoms with Crippen molar-refractivity contribution >= 4 is 15.9 Å². The third kappa shape index (κ3) is 4.48. The molecule has 0 heterocycles. The number of rotatable bonds is 5. The predicted octanol–water partition coefficient (Wildman–Crippen LogP) is 4.14. The number of hydrogen-bond acceptors (Lipinski definition) is 3. The van der Waals surface area contributed by atoms with E-state index in [1.807, 2.05) is 19.1 Å². The van der Waals surface area contributed by atoms with Crippen LogP contribution in [0.15, 0.2) is 46.9 Å². The fraction of sp³-hybridized carbons (Fsp3) is 0.294. The van der Waals surface area contributed by atoms with Gasteiger partial charge >= 0.3 is 0 Å². The lowest BCUT2D eigenvalue weighted by atomic mass is 10.0. The van der Waals surface area contributed by atoms with Crippen molar-refractivity contribution in [2.45, 2.75) is 32.4 Å². The van der Waals surface area contributed by atoms with Crippen molar-refractivity contribution in [3.63, 3.8) is 0 Å². The van der Waals surface area contributed by atoms with Crippen LogP contribution in [0, 0.1) is 0 Å². The summed E-state index contributed by atoms with van der Waals surface area (Å²) in [5, 5.41) is 22.9. The van der Waals surface area contributed by atoms with Crippen LogP contribution in [-0.2, 0) is 6.42 Å². The molecule has 0 aliphatic carbocycles. The molecule has 0 aliphatic heterocycles. The van der Waals surface area contributed by atoms with Crippen molar-refractivity contribution in [3.05, 3.63) is 58.1 Å². The first-order valence-corrected chi connectivity index (χ1v) is 7.77. The summed E-state index contributed by atoms with van der Waals surface area (Å²) in [5.74, 6) is 0.362. The van der Waals surface area contributed by atoms with Gasteiger partial charge in [-0.2, -0.15) is 0 Å². The summed E-state index contributed by atoms with van der Waals surface area (Å²) in [6, 6.07) is 13.1. The Bertz CT molecular complexity index is 598. The molecule has 0 spiro atoms. The Morgan fingerprint density at radius 1 is 1.05 bits per heavy atom. The lowest BCUT2D eigenvalue weighted by molar-refractivity contribution is 0.425. The van der Waals surface area contributed by atoms with Crippen LogP contribution in [0.3, 0.4) is 0 Å². The Morgan fingerprint density at radius 2 is 1.71 bits per heavy atom. The molecule has 21 heavy (non-hydrogen) atoms. The van der Waals surface area contributed by atoms with Gasteiger partial charge in [0.1, 0.15) is 11.5 Å². The molecule has 0 saturated heterocycles. The molecular weight excluding hydrogens is 330 g/mol. The van der Waals surface area contributed by atoms with E-state index < -0.39 is 0 Å². The zero-order valence-corrected chi connectivity index (χ0v) is 13.8. The highest BCUT2D eigenvalue weighted by Gasteiger charge is 2.14. The monoisotopic (exact) mass is 349 g/mol. The summed E-state index contributed by atoms with van der Waals surface area (Å²) in [4.78, 5) is 0. The van der Waals surface area contributed by atoms with Gasteiger partial charge in [0.15, 0.2) is 0 Å². The van der Waals surface area contributed by atoms with Gasteiger partial charge in [-0.1, -0.05) is 28.1 Å². The molecule has 0 saturated carbocycles. The molecule has 2 atom stereocenters. The second-order valence-corrected chi connectivity index (χ2v) is 6.28. The zero-order chi connectivity index (χ0) is 15.4. The average Bonchev–Trinajstić information content (AvgIpc) is 2.44. The second kappa shape index (κ2) is 6.96. The van der Waals surface area contributed by atoms with Crippen LogP contribution in [0.4, 0.5) is 0 Å². The first kappa shape index (κ1) is 15.9. The highest BCUT2D eigenvalue weighted by Crippen LogP contribution is 2.28. The minimum absolute atomic E-state index is 0.0393. The van der Waals surface area contributed by atoms with Crippen LogP contribution in [0.1, 0.15) is 31.0 Å². The standard InChI is InChI=1S/C17H20BrNO2/c1-11(9-13-3-5-14(18)6-4-13)19-12(2)16-10-15(20)7-8-17(16)21/h3-8,10-12,19-21H,9H2,1-2H3. The van der Waals surface area contributed by atoms with E-state index in [0.717, 1.165) is 10.9 Å². The van der Waals surface area contributed by atoms with E-state index >= 15 is 0 Å². The molecule has 112 valence electrons. The highest BCUT2D eigenvalue weighted by atomic mass is 79.9. The minimum atomic E-state index is -0.0393. The zero-order valence-electron chi connectivity index (χ0n) is 12.2. The van der Waals surface area contributed by atoms with Gasteiger partial charge in [-0.15, -0.1) is 0 Å². The molecule has 0 aliphatic rings. The summed E-state index contributed by atoms with van der Waals surface area (Å²) in [5.41, 5.74) is 1.96. The van der Waals surface area contributed by atoms with Gasteiger partial charge in [0.2, 0.25) is 0 Å². The molecule has 0 fully saturated rings. The maximum absolute atomic E-state index is 9.88. The third-order valence-electron chi connectivity index (χ3n) is 3.47. The maximum atomic E-state index is 9.88. The van der Waals surface area contributed by atoms with Gasteiger partial charge in [0, 0.05) is 22.1 Å². The fourth-order valence-corrected chi connectivity index (χ4v) is 2.70. The van der Waals surface area contributed by atoms with E-state index in [1.165, 1.54) is 17.7 Å². The van der Waals surface area contributed by atoms with E-state index in [9.17, 15) is 10.2 Å². The number of benzene rings is 2. The summed E-state index contributed by atoms with van der Waals surface area (Å²) in [6.45, 7) is 4.09. The van der Waals surface area contributed by atoms with Crippen molar-refractivity contribution in [1.29, 1.82) is 0 Å². The molecule has 2 unspecified atom stereocenters. The average molecular weight is 350 g/mol. The lowest BCUT2D eigenvalue weighted by Crippen LogP contribution is -2.30. The maximum Gasteiger partial charge on any atom is 0.120 e. The summed E-state index contributed by atoms with van der Waals surface area (Å²) < 4.78 is 1.07. The van der Waals surface area contributed by atoms with Crippen molar-refractivity contribution in [1.82, 2.24) is 5.32 Å². The van der Waals surface area contributed by atoms with Crippen LogP contribution in [0.2, 0.25) is 0 Å². The molecule has 0 amide bonds. The van der Waals surface area contributed by atoms with E-state index in [4.69, 9.17) is 0 Å². The molecule has 0 radical (unpaired) electrons. The van der Waals surface area contributed by atoms with Crippen molar-refractivity contribution in [2.24, 2.45) is 0 Å². The smallest absolute Gasteiger partial charge is 0.120 e. The predicted molar refractivity (Wildman–Crippen MR) is 88.6 cm³/mol. The topological polar surface area (TPSA) is 52.5 Å². The van der Waals surface area contributed by atoms with Gasteiger partial charge < -0.3 is 15.5 Å². The largest absolute Gasteiger partial charge is 0.508 e. The molecule has 0 aromatic heterocycles. The fourth-order valence-electron chi connectivity index (χ4n) is 2.44. The number of halogens is 1. The number of nitrogens with one attached hydrogen (secondary N) is 1. The Hall–Kier alpha value is -1.52. The van der Waals surface area contributed by atoms with E-state index in [0.29, 0.717) is 5.56 Å². The molecule has 2 rings (SSSR count). The molecule has 4 heteroatoms. The quantitative estimate of drug-likeness (QED) is 0.711. The van der Waals surface area contributed by atoms with Crippen molar-refractivity contribution < 1.29 is 10.2 Å². The van der Waals surface area contributed by atoms with Gasteiger partial charge in [0.05, 0.1) is 0 Å². The van der Waals surface area contributed by atoms with E-state index in [2.05, 4.69) is 40.3 Å². The van der Waals surface area contributed by atoms with Gasteiger partial charge in [-0.05, 0) is 56.2 Å². The van der Waals surface area contributed by atoms with E-state index in [-0.39, 0.29) is 23.6 Å². The Labute approximate surface area is 133 Å². The van der Waals surface area contributed by atoms with Crippen LogP contribution >= 0.6 is 15.9 Å². The SMILES string of the molecule is CC(Cc1ccc(Br)cc1)NC(C)c1cc(O)ccc1O. The summed E-state index contributed by atoms with van der Waals surface area (Å²) in [6.07, 6.45) is 0.900. The molecular formula is C17H20BrNO2. The van der Waals surface area contributed by atoms with Crippen LogP contribution in [0.5, 0.6) is 11.5 Å². The summed E-state index contributed by atoms with van der Waals surface area (Å²) >= 11 is 3.43. The molecule has 3 nitrogen and oxygen atoms in total. The normalized spacial score (nSPS) is 13.9. The van der Waals surface area contributed by atoms with Crippen molar-refractivity contribution in [3.8, 4) is 11.5 Å². The van der Waals surface area contributed by atoms with Crippen molar-refractivity contribution in [2.75, 3.05) is 0 Å². The summed E-state index contributed by atoms with van der Waals surface area (Å²) in [7, 11) is 0. The molecule has 2 aromatic carbocycles. The first-order valence-electron chi connectivity index (χ1n) is 6.98. The van der Waals surface area contributed by atoms with E-state index in [1.54, 1.807) is 6.07 Å². The number of aromatic hydroxyl groups is 2. The Morgan fingerprint density at radius 3 is 2.38 bits per heavy atom. The first-order chi connectivity index (χ1) is 9.95. The lowest BCUT2D eigenvalue weighted by Gasteiger charge is -2.21. The third-order valence-corrected chi connectivity index (χ3v) is 4.00. The minimum Gasteiger partial charge on any atom is -0.508 e. The molecule has 2 aromatic rings. The Kier molecular flexibility index (Phi) is 5.26. The van der Waals surface area contributed by atoms with Crippen LogP contribution in [0.25, 0.3) is 0 Å². The number of phenolic OH excluding ortho intramolecular Hbond substituents is 2. The Balaban J connectivity index is 2.00. The highest BCUT2D eigenvalue weighted by molar-refractivity contribution is 9.10. The molecule has 3 N–H and O–H groups in total. The van der Waals surface area contributed by atoms with Gasteiger partial charge in [-0.25, -0.2) is 0 Å². The van der Waals surface area contributed by atoms with Gasteiger partial charge in [-0.3, -0.25) is 0 Å². The van der Waals surface area contributed by atoms with Gasteiger partial charge in [0.25, 0.3) is 0 Å².